The van der Waals surface area contributed by atoms with E-state index in [2.05, 4.69) is 25.5 Å². The van der Waals surface area contributed by atoms with Crippen LogP contribution in [-0.4, -0.2) is 21.1 Å². The number of pyridine rings is 1. The van der Waals surface area contributed by atoms with E-state index < -0.39 is 0 Å². The lowest BCUT2D eigenvalue weighted by Crippen LogP contribution is -2.33. The molecule has 0 atom stereocenters. The Balaban J connectivity index is 1.91. The van der Waals surface area contributed by atoms with Gasteiger partial charge in [-0.1, -0.05) is 23.7 Å². The van der Waals surface area contributed by atoms with Crippen molar-refractivity contribution in [2.24, 2.45) is 0 Å². The number of imidazole rings is 1. The molecule has 108 valence electrons. The third kappa shape index (κ3) is 1.92. The highest BCUT2D eigenvalue weighted by Gasteiger charge is 2.21. The quantitative estimate of drug-likeness (QED) is 0.693. The van der Waals surface area contributed by atoms with Crippen LogP contribution in [0.3, 0.4) is 0 Å². The largest absolute Gasteiger partial charge is 0.362 e. The van der Waals surface area contributed by atoms with Gasteiger partial charge in [-0.25, -0.2) is 4.98 Å². The number of anilines is 1. The Bertz CT molecular complexity index is 909. The van der Waals surface area contributed by atoms with Crippen molar-refractivity contribution in [3.63, 3.8) is 0 Å². The fraction of sp³-hybridized carbons (Fsp3) is 0.188. The SMILES string of the molecule is N#Cc1cnc2c(Cl)cccc2c1N1CCn2cncc2C1. The number of hydrogen-bond acceptors (Lipinski definition) is 4. The Morgan fingerprint density at radius 2 is 2.14 bits per heavy atom. The molecule has 0 saturated carbocycles. The molecule has 0 saturated heterocycles. The molecule has 0 amide bonds. The molecule has 0 aliphatic carbocycles. The van der Waals surface area contributed by atoms with Crippen LogP contribution in [0.5, 0.6) is 0 Å². The van der Waals surface area contributed by atoms with Gasteiger partial charge in [0.25, 0.3) is 0 Å². The van der Waals surface area contributed by atoms with Crippen LogP contribution in [0, 0.1) is 11.3 Å². The molecule has 6 heteroatoms. The van der Waals surface area contributed by atoms with E-state index in [9.17, 15) is 5.26 Å². The smallest absolute Gasteiger partial charge is 0.103 e. The number of halogens is 1. The lowest BCUT2D eigenvalue weighted by molar-refractivity contribution is 0.572. The summed E-state index contributed by atoms with van der Waals surface area (Å²) in [4.78, 5) is 10.7. The maximum Gasteiger partial charge on any atom is 0.103 e. The van der Waals surface area contributed by atoms with E-state index in [0.29, 0.717) is 10.6 Å². The summed E-state index contributed by atoms with van der Waals surface area (Å²) >= 11 is 6.25. The first-order chi connectivity index (χ1) is 10.8. The van der Waals surface area contributed by atoms with Crippen molar-refractivity contribution in [3.05, 3.63) is 53.2 Å². The summed E-state index contributed by atoms with van der Waals surface area (Å²) in [5, 5.41) is 11.0. The van der Waals surface area contributed by atoms with Crippen LogP contribution in [0.1, 0.15) is 11.3 Å². The molecule has 3 aromatic rings. The van der Waals surface area contributed by atoms with Gasteiger partial charge in [0, 0.05) is 30.9 Å². The zero-order chi connectivity index (χ0) is 15.1. The van der Waals surface area contributed by atoms with Crippen LogP contribution in [0.4, 0.5) is 5.69 Å². The molecule has 0 unspecified atom stereocenters. The molecule has 1 aromatic carbocycles. The molecule has 5 nitrogen and oxygen atoms in total. The Morgan fingerprint density at radius 1 is 1.23 bits per heavy atom. The first kappa shape index (κ1) is 13.1. The summed E-state index contributed by atoms with van der Waals surface area (Å²) < 4.78 is 2.14. The Labute approximate surface area is 132 Å². The maximum absolute atomic E-state index is 9.47. The van der Waals surface area contributed by atoms with Crippen molar-refractivity contribution < 1.29 is 0 Å². The molecule has 4 rings (SSSR count). The highest BCUT2D eigenvalue weighted by molar-refractivity contribution is 6.35. The van der Waals surface area contributed by atoms with Gasteiger partial charge >= 0.3 is 0 Å². The molecule has 0 radical (unpaired) electrons. The maximum atomic E-state index is 9.47. The van der Waals surface area contributed by atoms with E-state index in [4.69, 9.17) is 11.6 Å². The predicted molar refractivity (Wildman–Crippen MR) is 84.7 cm³/mol. The Kier molecular flexibility index (Phi) is 2.98. The van der Waals surface area contributed by atoms with E-state index in [1.54, 1.807) is 6.20 Å². The molecule has 1 aliphatic rings. The van der Waals surface area contributed by atoms with Crippen LogP contribution in [0.2, 0.25) is 5.02 Å². The van der Waals surface area contributed by atoms with Crippen molar-refractivity contribution in [2.45, 2.75) is 13.1 Å². The molecular weight excluding hydrogens is 298 g/mol. The molecule has 0 bridgehead atoms. The summed E-state index contributed by atoms with van der Waals surface area (Å²) in [6.45, 7) is 2.40. The van der Waals surface area contributed by atoms with Crippen molar-refractivity contribution in [3.8, 4) is 6.07 Å². The standard InChI is InChI=1S/C16H12ClN5/c17-14-3-1-2-13-15(14)20-7-11(6-18)16(13)21-4-5-22-10-19-8-12(22)9-21/h1-3,7-8,10H,4-5,9H2. The Hall–Kier alpha value is -2.58. The van der Waals surface area contributed by atoms with Gasteiger partial charge in [-0.15, -0.1) is 0 Å². The number of nitriles is 1. The summed E-state index contributed by atoms with van der Waals surface area (Å²) in [7, 11) is 0. The van der Waals surface area contributed by atoms with Gasteiger partial charge < -0.3 is 9.47 Å². The molecular formula is C16H12ClN5. The number of aromatic nitrogens is 3. The highest BCUT2D eigenvalue weighted by Crippen LogP contribution is 2.34. The van der Waals surface area contributed by atoms with Crippen LogP contribution < -0.4 is 4.90 Å². The normalized spacial score (nSPS) is 13.9. The monoisotopic (exact) mass is 309 g/mol. The second-order valence-electron chi connectivity index (χ2n) is 5.27. The van der Waals surface area contributed by atoms with E-state index in [1.807, 2.05) is 30.7 Å². The second-order valence-corrected chi connectivity index (χ2v) is 5.68. The lowest BCUT2D eigenvalue weighted by Gasteiger charge is -2.31. The zero-order valence-electron chi connectivity index (χ0n) is 11.7. The summed E-state index contributed by atoms with van der Waals surface area (Å²) in [5.74, 6) is 0. The van der Waals surface area contributed by atoms with Crippen molar-refractivity contribution in [2.75, 3.05) is 11.4 Å². The van der Waals surface area contributed by atoms with Gasteiger partial charge in [0.2, 0.25) is 0 Å². The van der Waals surface area contributed by atoms with Gasteiger partial charge in [-0.05, 0) is 6.07 Å². The fourth-order valence-electron chi connectivity index (χ4n) is 2.97. The average Bonchev–Trinajstić information content (AvgIpc) is 3.01. The van der Waals surface area contributed by atoms with Crippen LogP contribution in [0.15, 0.2) is 36.9 Å². The third-order valence-corrected chi connectivity index (χ3v) is 4.32. The van der Waals surface area contributed by atoms with E-state index in [-0.39, 0.29) is 0 Å². The molecule has 3 heterocycles. The summed E-state index contributed by atoms with van der Waals surface area (Å²) in [6.07, 6.45) is 5.32. The second kappa shape index (κ2) is 5.00. The van der Waals surface area contributed by atoms with Crippen molar-refractivity contribution in [1.82, 2.24) is 14.5 Å². The minimum Gasteiger partial charge on any atom is -0.362 e. The highest BCUT2D eigenvalue weighted by atomic mass is 35.5. The van der Waals surface area contributed by atoms with Gasteiger partial charge in [-0.2, -0.15) is 5.26 Å². The number of benzene rings is 1. The molecule has 0 N–H and O–H groups in total. The van der Waals surface area contributed by atoms with Crippen LogP contribution in [-0.2, 0) is 13.1 Å². The van der Waals surface area contributed by atoms with Crippen molar-refractivity contribution >= 4 is 28.2 Å². The molecule has 0 fully saturated rings. The van der Waals surface area contributed by atoms with Gasteiger partial charge in [-0.3, -0.25) is 4.98 Å². The molecule has 2 aromatic heterocycles. The number of nitrogens with zero attached hydrogens (tertiary/aromatic N) is 5. The van der Waals surface area contributed by atoms with Crippen molar-refractivity contribution in [1.29, 1.82) is 5.26 Å². The van der Waals surface area contributed by atoms with E-state index >= 15 is 0 Å². The number of hydrogen-bond donors (Lipinski definition) is 0. The summed E-state index contributed by atoms with van der Waals surface area (Å²) in [5.41, 5.74) is 3.35. The molecule has 22 heavy (non-hydrogen) atoms. The fourth-order valence-corrected chi connectivity index (χ4v) is 3.19. The Morgan fingerprint density at radius 3 is 3.00 bits per heavy atom. The first-order valence-electron chi connectivity index (χ1n) is 6.99. The third-order valence-electron chi connectivity index (χ3n) is 4.02. The van der Waals surface area contributed by atoms with Gasteiger partial charge in [0.05, 0.1) is 40.4 Å². The van der Waals surface area contributed by atoms with E-state index in [1.165, 1.54) is 0 Å². The number of rotatable bonds is 1. The first-order valence-corrected chi connectivity index (χ1v) is 7.37. The number of fused-ring (bicyclic) bond motifs is 2. The molecule has 0 spiro atoms. The topological polar surface area (TPSA) is 57.7 Å². The van der Waals surface area contributed by atoms with Gasteiger partial charge in [0.15, 0.2) is 0 Å². The van der Waals surface area contributed by atoms with Crippen LogP contribution >= 0.6 is 11.6 Å². The summed E-state index contributed by atoms with van der Waals surface area (Å²) in [6, 6.07) is 7.93. The number of para-hydroxylation sites is 1. The minimum absolute atomic E-state index is 0.572. The minimum atomic E-state index is 0.572. The zero-order valence-corrected chi connectivity index (χ0v) is 12.5. The lowest BCUT2D eigenvalue weighted by atomic mass is 10.1. The van der Waals surface area contributed by atoms with Gasteiger partial charge in [0.1, 0.15) is 6.07 Å². The molecule has 1 aliphatic heterocycles. The van der Waals surface area contributed by atoms with Crippen LogP contribution in [0.25, 0.3) is 10.9 Å². The van der Waals surface area contributed by atoms with E-state index in [0.717, 1.165) is 41.9 Å². The average molecular weight is 310 g/mol. The predicted octanol–water partition coefficient (Wildman–Crippen LogP) is 2.98.